The highest BCUT2D eigenvalue weighted by Crippen LogP contribution is 2.20. The van der Waals surface area contributed by atoms with E-state index in [2.05, 4.69) is 15.3 Å². The van der Waals surface area contributed by atoms with Crippen LogP contribution in [0.2, 0.25) is 5.02 Å². The molecule has 1 atom stereocenters. The lowest BCUT2D eigenvalue weighted by Crippen LogP contribution is -2.34. The number of likely N-dealkylation sites (tertiary alicyclic amines) is 1. The molecule has 1 saturated heterocycles. The van der Waals surface area contributed by atoms with Gasteiger partial charge in [0.15, 0.2) is 0 Å². The number of halogens is 1. The van der Waals surface area contributed by atoms with E-state index >= 15 is 0 Å². The second-order valence-corrected chi connectivity index (χ2v) is 5.67. The van der Waals surface area contributed by atoms with Crippen LogP contribution in [0.25, 0.3) is 0 Å². The zero-order chi connectivity index (χ0) is 16.9. The van der Waals surface area contributed by atoms with Crippen LogP contribution in [0.3, 0.4) is 0 Å². The minimum absolute atomic E-state index is 0.140. The van der Waals surface area contributed by atoms with Gasteiger partial charge in [-0.15, -0.1) is 0 Å². The molecule has 1 unspecified atom stereocenters. The average molecular weight is 344 g/mol. The minimum atomic E-state index is -0.218. The minimum Gasteiger partial charge on any atom is -0.470 e. The van der Waals surface area contributed by atoms with Crippen LogP contribution in [-0.2, 0) is 0 Å². The highest BCUT2D eigenvalue weighted by atomic mass is 35.5. The first-order valence-corrected chi connectivity index (χ1v) is 7.73. The Kier molecular flexibility index (Phi) is 4.77. The summed E-state index contributed by atoms with van der Waals surface area (Å²) in [4.78, 5) is 21.8. The molecule has 1 aliphatic heterocycles. The Morgan fingerprint density at radius 1 is 1.33 bits per heavy atom. The van der Waals surface area contributed by atoms with Crippen molar-refractivity contribution in [2.45, 2.75) is 12.5 Å². The summed E-state index contributed by atoms with van der Waals surface area (Å²) >= 11 is 5.82. The van der Waals surface area contributed by atoms with Crippen LogP contribution in [0, 0.1) is 11.3 Å². The number of nitrogens with zero attached hydrogens (tertiary/aromatic N) is 4. The third-order valence-electron chi connectivity index (χ3n) is 3.58. The molecule has 24 heavy (non-hydrogen) atoms. The van der Waals surface area contributed by atoms with E-state index in [0.29, 0.717) is 30.2 Å². The Morgan fingerprint density at radius 3 is 2.83 bits per heavy atom. The predicted octanol–water partition coefficient (Wildman–Crippen LogP) is 2.69. The standard InChI is InChI=1S/C16H14ClN5O2/c17-11-1-3-12(4-2-11)21-16(23)22-8-5-13(10-22)24-15-14(9-18)19-6-7-20-15/h1-4,6-7,13H,5,8,10H2,(H,21,23). The van der Waals surface area contributed by atoms with E-state index in [-0.39, 0.29) is 23.7 Å². The number of carbonyl (C=O) groups is 1. The van der Waals surface area contributed by atoms with Crippen molar-refractivity contribution in [2.24, 2.45) is 0 Å². The molecule has 1 aromatic carbocycles. The van der Waals surface area contributed by atoms with Crippen LogP contribution in [0.5, 0.6) is 5.88 Å². The van der Waals surface area contributed by atoms with Gasteiger partial charge in [-0.1, -0.05) is 11.6 Å². The third-order valence-corrected chi connectivity index (χ3v) is 3.83. The highest BCUT2D eigenvalue weighted by molar-refractivity contribution is 6.30. The van der Waals surface area contributed by atoms with Gasteiger partial charge in [0.05, 0.1) is 6.54 Å². The lowest BCUT2D eigenvalue weighted by molar-refractivity contribution is 0.189. The number of nitriles is 1. The van der Waals surface area contributed by atoms with Gasteiger partial charge < -0.3 is 15.0 Å². The maximum atomic E-state index is 12.3. The Bertz CT molecular complexity index is 775. The molecule has 2 heterocycles. The van der Waals surface area contributed by atoms with Crippen molar-refractivity contribution in [1.29, 1.82) is 5.26 Å². The van der Waals surface area contributed by atoms with Gasteiger partial charge in [-0.05, 0) is 24.3 Å². The van der Waals surface area contributed by atoms with Crippen molar-refractivity contribution in [2.75, 3.05) is 18.4 Å². The predicted molar refractivity (Wildman–Crippen MR) is 87.8 cm³/mol. The van der Waals surface area contributed by atoms with Gasteiger partial charge in [-0.25, -0.2) is 14.8 Å². The molecule has 2 aromatic rings. The molecule has 0 aliphatic carbocycles. The molecule has 122 valence electrons. The molecule has 2 amide bonds. The molecular formula is C16H14ClN5O2. The van der Waals surface area contributed by atoms with Gasteiger partial charge in [0.25, 0.3) is 5.88 Å². The lowest BCUT2D eigenvalue weighted by atomic mass is 10.3. The summed E-state index contributed by atoms with van der Waals surface area (Å²) in [7, 11) is 0. The first-order chi connectivity index (χ1) is 11.7. The molecule has 0 spiro atoms. The second-order valence-electron chi connectivity index (χ2n) is 5.23. The Hall–Kier alpha value is -2.85. The van der Waals surface area contributed by atoms with Crippen LogP contribution >= 0.6 is 11.6 Å². The van der Waals surface area contributed by atoms with Crippen molar-refractivity contribution in [3.63, 3.8) is 0 Å². The first-order valence-electron chi connectivity index (χ1n) is 7.35. The highest BCUT2D eigenvalue weighted by Gasteiger charge is 2.28. The largest absolute Gasteiger partial charge is 0.470 e. The monoisotopic (exact) mass is 343 g/mol. The van der Waals surface area contributed by atoms with Crippen molar-refractivity contribution < 1.29 is 9.53 Å². The number of carbonyl (C=O) groups excluding carboxylic acids is 1. The summed E-state index contributed by atoms with van der Waals surface area (Å²) in [5.74, 6) is 0.199. The number of nitrogens with one attached hydrogen (secondary N) is 1. The van der Waals surface area contributed by atoms with Crippen molar-refractivity contribution >= 4 is 23.3 Å². The molecule has 3 rings (SSSR count). The molecule has 0 saturated carbocycles. The van der Waals surface area contributed by atoms with E-state index in [1.807, 2.05) is 6.07 Å². The smallest absolute Gasteiger partial charge is 0.321 e. The summed E-state index contributed by atoms with van der Waals surface area (Å²) in [5.41, 5.74) is 0.816. The van der Waals surface area contributed by atoms with E-state index < -0.39 is 0 Å². The summed E-state index contributed by atoms with van der Waals surface area (Å²) in [6, 6.07) is 8.64. The zero-order valence-electron chi connectivity index (χ0n) is 12.6. The van der Waals surface area contributed by atoms with Gasteiger partial charge in [0.2, 0.25) is 5.69 Å². The maximum absolute atomic E-state index is 12.3. The van der Waals surface area contributed by atoms with E-state index in [9.17, 15) is 4.79 Å². The Morgan fingerprint density at radius 2 is 2.08 bits per heavy atom. The Labute approximate surface area is 143 Å². The van der Waals surface area contributed by atoms with Crippen LogP contribution in [-0.4, -0.2) is 40.1 Å². The number of amides is 2. The quantitative estimate of drug-likeness (QED) is 0.925. The molecule has 0 bridgehead atoms. The van der Waals surface area contributed by atoms with Crippen LogP contribution in [0.1, 0.15) is 12.1 Å². The molecule has 1 aliphatic rings. The summed E-state index contributed by atoms with van der Waals surface area (Å²) in [6.45, 7) is 0.979. The van der Waals surface area contributed by atoms with Crippen molar-refractivity contribution in [3.05, 3.63) is 47.4 Å². The van der Waals surface area contributed by atoms with Gasteiger partial charge in [0.1, 0.15) is 12.2 Å². The topological polar surface area (TPSA) is 91.1 Å². The number of aromatic nitrogens is 2. The molecule has 0 radical (unpaired) electrons. The molecule has 1 N–H and O–H groups in total. The van der Waals surface area contributed by atoms with Crippen molar-refractivity contribution in [1.82, 2.24) is 14.9 Å². The van der Waals surface area contributed by atoms with Crippen molar-refractivity contribution in [3.8, 4) is 11.9 Å². The molecule has 8 heteroatoms. The number of hydrogen-bond donors (Lipinski definition) is 1. The molecule has 1 fully saturated rings. The number of benzene rings is 1. The van der Waals surface area contributed by atoms with Gasteiger partial charge in [0, 0.05) is 36.1 Å². The fourth-order valence-corrected chi connectivity index (χ4v) is 2.52. The van der Waals surface area contributed by atoms with E-state index in [4.69, 9.17) is 21.6 Å². The summed E-state index contributed by atoms with van der Waals surface area (Å²) < 4.78 is 5.71. The second kappa shape index (κ2) is 7.15. The van der Waals surface area contributed by atoms with Crippen LogP contribution < -0.4 is 10.1 Å². The number of ether oxygens (including phenoxy) is 1. The summed E-state index contributed by atoms with van der Waals surface area (Å²) in [5, 5.41) is 12.4. The van der Waals surface area contributed by atoms with Gasteiger partial charge >= 0.3 is 6.03 Å². The Balaban J connectivity index is 1.58. The number of hydrogen-bond acceptors (Lipinski definition) is 5. The fourth-order valence-electron chi connectivity index (χ4n) is 2.39. The molecule has 7 nitrogen and oxygen atoms in total. The van der Waals surface area contributed by atoms with E-state index in [1.165, 1.54) is 12.4 Å². The van der Waals surface area contributed by atoms with Crippen LogP contribution in [0.4, 0.5) is 10.5 Å². The van der Waals surface area contributed by atoms with Crippen LogP contribution in [0.15, 0.2) is 36.7 Å². The number of anilines is 1. The molecular weight excluding hydrogens is 330 g/mol. The van der Waals surface area contributed by atoms with E-state index in [1.54, 1.807) is 29.2 Å². The van der Waals surface area contributed by atoms with E-state index in [0.717, 1.165) is 0 Å². The molecule has 1 aromatic heterocycles. The zero-order valence-corrected chi connectivity index (χ0v) is 13.4. The SMILES string of the molecule is N#Cc1nccnc1OC1CCN(C(=O)Nc2ccc(Cl)cc2)C1. The van der Waals surface area contributed by atoms with Gasteiger partial charge in [-0.2, -0.15) is 5.26 Å². The average Bonchev–Trinajstić information content (AvgIpc) is 3.06. The fraction of sp³-hybridized carbons (Fsp3) is 0.250. The normalized spacial score (nSPS) is 16.5. The third kappa shape index (κ3) is 3.73. The number of urea groups is 1. The van der Waals surface area contributed by atoms with Gasteiger partial charge in [-0.3, -0.25) is 0 Å². The maximum Gasteiger partial charge on any atom is 0.321 e. The lowest BCUT2D eigenvalue weighted by Gasteiger charge is -2.17. The summed E-state index contributed by atoms with van der Waals surface area (Å²) in [6.07, 6.45) is 3.35. The number of rotatable bonds is 3. The first kappa shape index (κ1) is 16.0.